The van der Waals surface area contributed by atoms with E-state index in [9.17, 15) is 0 Å². The molecule has 0 saturated heterocycles. The van der Waals surface area contributed by atoms with Gasteiger partial charge in [-0.1, -0.05) is 54.5 Å². The Morgan fingerprint density at radius 2 is 1.90 bits per heavy atom. The number of nitrogens with one attached hydrogen (secondary N) is 1. The maximum atomic E-state index is 6.18. The summed E-state index contributed by atoms with van der Waals surface area (Å²) in [6.45, 7) is 6.30. The lowest BCUT2D eigenvalue weighted by Gasteiger charge is -2.05. The summed E-state index contributed by atoms with van der Waals surface area (Å²) >= 11 is 13.9. The molecule has 3 nitrogen and oxygen atoms in total. The molecule has 6 heteroatoms. The quantitative estimate of drug-likeness (QED) is 0.803. The number of rotatable bonds is 6. The van der Waals surface area contributed by atoms with Gasteiger partial charge in [-0.3, -0.25) is 0 Å². The van der Waals surface area contributed by atoms with Crippen LogP contribution in [0.4, 0.5) is 0 Å². The minimum Gasteiger partial charge on any atom is -0.316 e. The molecule has 2 aromatic rings. The van der Waals surface area contributed by atoms with Crippen molar-refractivity contribution in [3.63, 3.8) is 0 Å². The zero-order chi connectivity index (χ0) is 14.5. The molecule has 0 radical (unpaired) electrons. The Balaban J connectivity index is 2.02. The van der Waals surface area contributed by atoms with E-state index in [2.05, 4.69) is 29.4 Å². The van der Waals surface area contributed by atoms with Gasteiger partial charge in [-0.2, -0.15) is 0 Å². The second kappa shape index (κ2) is 7.36. The van der Waals surface area contributed by atoms with Crippen LogP contribution in [0, 0.1) is 5.92 Å². The number of hydrogen-bond donors (Lipinski definition) is 1. The molecular weight excluding hydrogens is 313 g/mol. The van der Waals surface area contributed by atoms with Crippen molar-refractivity contribution in [1.29, 1.82) is 0 Å². The third-order valence-electron chi connectivity index (χ3n) is 2.71. The first-order valence-electron chi connectivity index (χ1n) is 6.55. The smallest absolute Gasteiger partial charge is 0.150 e. The molecule has 108 valence electrons. The predicted octanol–water partition coefficient (Wildman–Crippen LogP) is 4.30. The standard InChI is InChI=1S/C14H17Cl2N3S/c1-9(2)8-17-7-6-12-18-19-14(20-12)13-10(15)4-3-5-11(13)16/h3-5,9,17H,6-8H2,1-2H3. The monoisotopic (exact) mass is 329 g/mol. The van der Waals surface area contributed by atoms with E-state index in [1.165, 1.54) is 0 Å². The Kier molecular flexibility index (Phi) is 5.78. The minimum absolute atomic E-state index is 0.609. The molecule has 1 N–H and O–H groups in total. The van der Waals surface area contributed by atoms with Crippen LogP contribution in [0.25, 0.3) is 10.6 Å². The van der Waals surface area contributed by atoms with Crippen molar-refractivity contribution in [2.24, 2.45) is 5.92 Å². The van der Waals surface area contributed by atoms with Crippen molar-refractivity contribution in [3.8, 4) is 10.6 Å². The molecule has 2 rings (SSSR count). The van der Waals surface area contributed by atoms with Crippen molar-refractivity contribution in [2.45, 2.75) is 20.3 Å². The van der Waals surface area contributed by atoms with Gasteiger partial charge in [-0.25, -0.2) is 0 Å². The fraction of sp³-hybridized carbons (Fsp3) is 0.429. The molecule has 0 spiro atoms. The van der Waals surface area contributed by atoms with Gasteiger partial charge in [0.1, 0.15) is 5.01 Å². The Hall–Kier alpha value is -0.680. The molecule has 0 saturated carbocycles. The third kappa shape index (κ3) is 4.16. The SMILES string of the molecule is CC(C)CNCCc1nnc(-c2c(Cl)cccc2Cl)s1. The lowest BCUT2D eigenvalue weighted by atomic mass is 10.2. The number of aromatic nitrogens is 2. The van der Waals surface area contributed by atoms with Crippen LogP contribution in [0.2, 0.25) is 10.0 Å². The second-order valence-electron chi connectivity index (χ2n) is 4.95. The highest BCUT2D eigenvalue weighted by Crippen LogP contribution is 2.36. The maximum Gasteiger partial charge on any atom is 0.150 e. The van der Waals surface area contributed by atoms with Crippen molar-refractivity contribution in [2.75, 3.05) is 13.1 Å². The highest BCUT2D eigenvalue weighted by molar-refractivity contribution is 7.14. The van der Waals surface area contributed by atoms with Crippen LogP contribution in [0.5, 0.6) is 0 Å². The van der Waals surface area contributed by atoms with Crippen molar-refractivity contribution in [1.82, 2.24) is 15.5 Å². The highest BCUT2D eigenvalue weighted by atomic mass is 35.5. The Labute approximate surface area is 133 Å². The lowest BCUT2D eigenvalue weighted by Crippen LogP contribution is -2.22. The molecule has 0 aliphatic heterocycles. The first-order valence-corrected chi connectivity index (χ1v) is 8.12. The van der Waals surface area contributed by atoms with Gasteiger partial charge in [-0.15, -0.1) is 10.2 Å². The first-order chi connectivity index (χ1) is 9.58. The first kappa shape index (κ1) is 15.7. The summed E-state index contributed by atoms with van der Waals surface area (Å²) in [6.07, 6.45) is 0.868. The molecule has 0 atom stereocenters. The molecule has 0 aliphatic rings. The molecule has 1 heterocycles. The normalized spacial score (nSPS) is 11.2. The lowest BCUT2D eigenvalue weighted by molar-refractivity contribution is 0.553. The molecular formula is C14H17Cl2N3S. The fourth-order valence-corrected chi connectivity index (χ4v) is 3.34. The average molecular weight is 330 g/mol. The summed E-state index contributed by atoms with van der Waals surface area (Å²) < 4.78 is 0. The van der Waals surface area contributed by atoms with E-state index < -0.39 is 0 Å². The van der Waals surface area contributed by atoms with Gasteiger partial charge in [0.25, 0.3) is 0 Å². The molecule has 0 unspecified atom stereocenters. The second-order valence-corrected chi connectivity index (χ2v) is 6.82. The van der Waals surface area contributed by atoms with Crippen LogP contribution in [-0.2, 0) is 6.42 Å². The summed E-state index contributed by atoms with van der Waals surface area (Å²) in [5.41, 5.74) is 0.773. The van der Waals surface area contributed by atoms with Gasteiger partial charge in [0.15, 0.2) is 5.01 Å². The molecule has 1 aromatic heterocycles. The third-order valence-corrected chi connectivity index (χ3v) is 4.34. The van der Waals surface area contributed by atoms with Crippen molar-refractivity contribution >= 4 is 34.5 Å². The van der Waals surface area contributed by atoms with Crippen LogP contribution in [0.3, 0.4) is 0 Å². The van der Waals surface area contributed by atoms with E-state index >= 15 is 0 Å². The van der Waals surface area contributed by atoms with Gasteiger partial charge >= 0.3 is 0 Å². The van der Waals surface area contributed by atoms with Gasteiger partial charge in [0.2, 0.25) is 0 Å². The Morgan fingerprint density at radius 1 is 1.20 bits per heavy atom. The zero-order valence-electron chi connectivity index (χ0n) is 11.5. The van der Waals surface area contributed by atoms with Gasteiger partial charge in [0, 0.05) is 18.5 Å². The van der Waals surface area contributed by atoms with Gasteiger partial charge < -0.3 is 5.32 Å². The van der Waals surface area contributed by atoms with Crippen molar-refractivity contribution < 1.29 is 0 Å². The van der Waals surface area contributed by atoms with Gasteiger partial charge in [0.05, 0.1) is 10.0 Å². The summed E-state index contributed by atoms with van der Waals surface area (Å²) in [5, 5.41) is 14.8. The van der Waals surface area contributed by atoms with E-state index in [0.717, 1.165) is 35.1 Å². The van der Waals surface area contributed by atoms with Crippen LogP contribution in [0.1, 0.15) is 18.9 Å². The Morgan fingerprint density at radius 3 is 2.55 bits per heavy atom. The largest absolute Gasteiger partial charge is 0.316 e. The van der Waals surface area contributed by atoms with E-state index in [-0.39, 0.29) is 0 Å². The number of halogens is 2. The fourth-order valence-electron chi connectivity index (χ4n) is 1.74. The number of hydrogen-bond acceptors (Lipinski definition) is 4. The summed E-state index contributed by atoms with van der Waals surface area (Å²) in [7, 11) is 0. The number of benzene rings is 1. The Bertz CT molecular complexity index is 549. The molecule has 0 bridgehead atoms. The minimum atomic E-state index is 0.609. The summed E-state index contributed by atoms with van der Waals surface area (Å²) in [4.78, 5) is 0. The van der Waals surface area contributed by atoms with Gasteiger partial charge in [-0.05, 0) is 24.6 Å². The molecule has 20 heavy (non-hydrogen) atoms. The highest BCUT2D eigenvalue weighted by Gasteiger charge is 2.13. The number of nitrogens with zero attached hydrogens (tertiary/aromatic N) is 2. The molecule has 0 amide bonds. The van der Waals surface area contributed by atoms with Crippen LogP contribution in [-0.4, -0.2) is 23.3 Å². The summed E-state index contributed by atoms with van der Waals surface area (Å²) in [6, 6.07) is 5.45. The van der Waals surface area contributed by atoms with Crippen LogP contribution in [0.15, 0.2) is 18.2 Å². The van der Waals surface area contributed by atoms with E-state index in [4.69, 9.17) is 23.2 Å². The molecule has 1 aromatic carbocycles. The zero-order valence-corrected chi connectivity index (χ0v) is 13.8. The average Bonchev–Trinajstić information content (AvgIpc) is 2.83. The van der Waals surface area contributed by atoms with Crippen molar-refractivity contribution in [3.05, 3.63) is 33.3 Å². The predicted molar refractivity (Wildman–Crippen MR) is 86.8 cm³/mol. The summed E-state index contributed by atoms with van der Waals surface area (Å²) in [5.74, 6) is 0.655. The molecule has 0 fully saturated rings. The maximum absolute atomic E-state index is 6.18. The van der Waals surface area contributed by atoms with Crippen LogP contribution >= 0.6 is 34.5 Å². The topological polar surface area (TPSA) is 37.8 Å². The van der Waals surface area contributed by atoms with E-state index in [1.807, 2.05) is 18.2 Å². The molecule has 0 aliphatic carbocycles. The van der Waals surface area contributed by atoms with E-state index in [0.29, 0.717) is 16.0 Å². The van der Waals surface area contributed by atoms with E-state index in [1.54, 1.807) is 11.3 Å². The van der Waals surface area contributed by atoms with Crippen LogP contribution < -0.4 is 5.32 Å².